The third kappa shape index (κ3) is 4.19. The second kappa shape index (κ2) is 7.56. The summed E-state index contributed by atoms with van der Waals surface area (Å²) in [6, 6.07) is 5.02. The first-order valence-corrected chi connectivity index (χ1v) is 8.00. The molecule has 0 aliphatic carbocycles. The summed E-state index contributed by atoms with van der Waals surface area (Å²) in [4.78, 5) is 14.0. The number of halogens is 3. The molecule has 1 atom stereocenters. The number of piperidine rings is 1. The maximum absolute atomic E-state index is 12.8. The summed E-state index contributed by atoms with van der Waals surface area (Å²) in [5.41, 5.74) is -0.394. The first-order chi connectivity index (χ1) is 11.4. The van der Waals surface area contributed by atoms with E-state index >= 15 is 0 Å². The fourth-order valence-corrected chi connectivity index (χ4v) is 2.88. The van der Waals surface area contributed by atoms with Crippen molar-refractivity contribution in [1.82, 2.24) is 5.32 Å². The zero-order chi connectivity index (χ0) is 17.7. The predicted octanol–water partition coefficient (Wildman–Crippen LogP) is 3.32. The van der Waals surface area contributed by atoms with Gasteiger partial charge in [0, 0.05) is 19.6 Å². The largest absolute Gasteiger partial charge is 0.416 e. The van der Waals surface area contributed by atoms with Gasteiger partial charge in [0.05, 0.1) is 22.7 Å². The number of carbonyl (C=O) groups is 1. The normalized spacial score (nSPS) is 18.1. The van der Waals surface area contributed by atoms with Crippen LogP contribution < -0.4 is 10.2 Å². The van der Waals surface area contributed by atoms with Crippen LogP contribution in [0.3, 0.4) is 0 Å². The van der Waals surface area contributed by atoms with Crippen LogP contribution in [0.1, 0.15) is 37.3 Å². The van der Waals surface area contributed by atoms with Crippen molar-refractivity contribution in [3.63, 3.8) is 0 Å². The Morgan fingerprint density at radius 3 is 2.83 bits per heavy atom. The lowest BCUT2D eigenvalue weighted by Gasteiger charge is -2.34. The van der Waals surface area contributed by atoms with Crippen molar-refractivity contribution in [3.8, 4) is 6.07 Å². The summed E-state index contributed by atoms with van der Waals surface area (Å²) in [6.45, 7) is 3.61. The zero-order valence-electron chi connectivity index (χ0n) is 13.5. The van der Waals surface area contributed by atoms with E-state index in [-0.39, 0.29) is 17.4 Å². The molecule has 1 fully saturated rings. The minimum absolute atomic E-state index is 0.0144. The molecule has 1 aromatic carbocycles. The summed E-state index contributed by atoms with van der Waals surface area (Å²) in [5.74, 6) is -0.244. The third-order valence-corrected chi connectivity index (χ3v) is 4.13. The van der Waals surface area contributed by atoms with E-state index < -0.39 is 11.7 Å². The number of carbonyl (C=O) groups excluding carboxylic acids is 1. The number of nitrogens with one attached hydrogen (secondary N) is 1. The molecular weight excluding hydrogens is 319 g/mol. The molecule has 0 radical (unpaired) electrons. The van der Waals surface area contributed by atoms with Gasteiger partial charge < -0.3 is 10.2 Å². The Hall–Kier alpha value is -2.23. The fraction of sp³-hybridized carbons (Fsp3) is 0.529. The molecule has 0 bridgehead atoms. The average molecular weight is 339 g/mol. The van der Waals surface area contributed by atoms with Gasteiger partial charge in [0.1, 0.15) is 6.07 Å². The van der Waals surface area contributed by atoms with Gasteiger partial charge in [-0.3, -0.25) is 4.79 Å². The molecule has 1 unspecified atom stereocenters. The van der Waals surface area contributed by atoms with Gasteiger partial charge in [-0.05, 0) is 37.5 Å². The number of rotatable bonds is 4. The molecule has 24 heavy (non-hydrogen) atoms. The number of nitrogens with zero attached hydrogens (tertiary/aromatic N) is 2. The topological polar surface area (TPSA) is 56.1 Å². The van der Waals surface area contributed by atoms with Crippen molar-refractivity contribution < 1.29 is 18.0 Å². The smallest absolute Gasteiger partial charge is 0.370 e. The molecule has 1 aromatic rings. The molecule has 1 N–H and O–H groups in total. The van der Waals surface area contributed by atoms with Gasteiger partial charge in [-0.1, -0.05) is 6.92 Å². The van der Waals surface area contributed by atoms with Crippen molar-refractivity contribution in [1.29, 1.82) is 5.26 Å². The lowest BCUT2D eigenvalue weighted by molar-refractivity contribution is -0.137. The molecule has 1 saturated heterocycles. The maximum atomic E-state index is 12.8. The van der Waals surface area contributed by atoms with Crippen LogP contribution in [0.4, 0.5) is 18.9 Å². The quantitative estimate of drug-likeness (QED) is 0.915. The summed E-state index contributed by atoms with van der Waals surface area (Å²) in [7, 11) is 0. The van der Waals surface area contributed by atoms with Crippen molar-refractivity contribution >= 4 is 11.6 Å². The Bertz CT molecular complexity index is 637. The van der Waals surface area contributed by atoms with Crippen molar-refractivity contribution in [2.24, 2.45) is 5.92 Å². The highest BCUT2D eigenvalue weighted by Crippen LogP contribution is 2.34. The summed E-state index contributed by atoms with van der Waals surface area (Å²) >= 11 is 0. The molecule has 1 heterocycles. The Morgan fingerprint density at radius 1 is 1.46 bits per heavy atom. The van der Waals surface area contributed by atoms with Crippen LogP contribution in [0.15, 0.2) is 18.2 Å². The van der Waals surface area contributed by atoms with Gasteiger partial charge in [-0.2, -0.15) is 18.4 Å². The number of nitriles is 1. The highest BCUT2D eigenvalue weighted by Gasteiger charge is 2.32. The molecule has 0 saturated carbocycles. The van der Waals surface area contributed by atoms with Crippen molar-refractivity contribution in [2.75, 3.05) is 24.5 Å². The van der Waals surface area contributed by atoms with Crippen LogP contribution in [0.25, 0.3) is 0 Å². The van der Waals surface area contributed by atoms with E-state index in [0.717, 1.165) is 31.4 Å². The summed E-state index contributed by atoms with van der Waals surface area (Å²) in [6.07, 6.45) is -2.13. The molecule has 1 aliphatic heterocycles. The minimum atomic E-state index is -4.48. The molecule has 1 amide bonds. The molecule has 2 rings (SSSR count). The van der Waals surface area contributed by atoms with Gasteiger partial charge in [-0.25, -0.2) is 0 Å². The van der Waals surface area contributed by atoms with Gasteiger partial charge >= 0.3 is 6.18 Å². The van der Waals surface area contributed by atoms with Gasteiger partial charge in [-0.15, -0.1) is 0 Å². The number of hydrogen-bond acceptors (Lipinski definition) is 3. The predicted molar refractivity (Wildman–Crippen MR) is 84.4 cm³/mol. The van der Waals surface area contributed by atoms with Crippen molar-refractivity contribution in [3.05, 3.63) is 29.3 Å². The number of amides is 1. The van der Waals surface area contributed by atoms with Gasteiger partial charge in [0.2, 0.25) is 5.91 Å². The van der Waals surface area contributed by atoms with Crippen LogP contribution in [0, 0.1) is 17.2 Å². The Kier molecular flexibility index (Phi) is 5.71. The first-order valence-electron chi connectivity index (χ1n) is 8.00. The number of hydrogen-bond donors (Lipinski definition) is 1. The Morgan fingerprint density at radius 2 is 2.21 bits per heavy atom. The highest BCUT2D eigenvalue weighted by molar-refractivity contribution is 5.79. The second-order valence-corrected chi connectivity index (χ2v) is 5.92. The van der Waals surface area contributed by atoms with Crippen LogP contribution >= 0.6 is 0 Å². The summed E-state index contributed by atoms with van der Waals surface area (Å²) < 4.78 is 38.4. The Labute approximate surface area is 139 Å². The molecule has 4 nitrogen and oxygen atoms in total. The molecule has 0 aromatic heterocycles. The van der Waals surface area contributed by atoms with E-state index in [9.17, 15) is 23.2 Å². The van der Waals surface area contributed by atoms with Crippen LogP contribution in [-0.2, 0) is 11.0 Å². The van der Waals surface area contributed by atoms with E-state index in [1.165, 1.54) is 6.07 Å². The molecule has 130 valence electrons. The fourth-order valence-electron chi connectivity index (χ4n) is 2.88. The third-order valence-electron chi connectivity index (χ3n) is 4.13. The highest BCUT2D eigenvalue weighted by atomic mass is 19.4. The lowest BCUT2D eigenvalue weighted by atomic mass is 9.95. The number of alkyl halides is 3. The van der Waals surface area contributed by atoms with Crippen LogP contribution in [0.2, 0.25) is 0 Å². The van der Waals surface area contributed by atoms with Crippen LogP contribution in [0.5, 0.6) is 0 Å². The molecule has 0 spiro atoms. The lowest BCUT2D eigenvalue weighted by Crippen LogP contribution is -2.43. The average Bonchev–Trinajstić information content (AvgIpc) is 2.58. The molecular formula is C17H20F3N3O. The SMILES string of the molecule is CCCNC(=O)C1CCCN(c2ccc(C(F)(F)F)cc2C#N)C1. The summed E-state index contributed by atoms with van der Waals surface area (Å²) in [5, 5.41) is 12.1. The maximum Gasteiger partial charge on any atom is 0.416 e. The van der Waals surface area contributed by atoms with E-state index in [1.54, 1.807) is 0 Å². The number of anilines is 1. The number of benzene rings is 1. The van der Waals surface area contributed by atoms with Crippen molar-refractivity contribution in [2.45, 2.75) is 32.4 Å². The second-order valence-electron chi connectivity index (χ2n) is 5.92. The van der Waals surface area contributed by atoms with Crippen LogP contribution in [-0.4, -0.2) is 25.5 Å². The Balaban J connectivity index is 2.19. The minimum Gasteiger partial charge on any atom is -0.370 e. The van der Waals surface area contributed by atoms with E-state index in [2.05, 4.69) is 5.32 Å². The van der Waals surface area contributed by atoms with Gasteiger partial charge in [0.15, 0.2) is 0 Å². The molecule has 1 aliphatic rings. The van der Waals surface area contributed by atoms with E-state index in [4.69, 9.17) is 0 Å². The zero-order valence-corrected chi connectivity index (χ0v) is 13.5. The molecule has 7 heteroatoms. The van der Waals surface area contributed by atoms with Gasteiger partial charge in [0.25, 0.3) is 0 Å². The van der Waals surface area contributed by atoms with E-state index in [1.807, 2.05) is 17.9 Å². The first kappa shape index (κ1) is 18.1. The monoisotopic (exact) mass is 339 g/mol. The standard InChI is InChI=1S/C17H20F3N3O/c1-2-7-22-16(24)12-4-3-8-23(11-12)15-6-5-14(17(18,19)20)9-13(15)10-21/h5-6,9,12H,2-4,7-8,11H2,1H3,(H,22,24). The van der Waals surface area contributed by atoms with E-state index in [0.29, 0.717) is 25.3 Å².